The quantitative estimate of drug-likeness (QED) is 0.746. The molecule has 0 radical (unpaired) electrons. The molecule has 20 heavy (non-hydrogen) atoms. The standard InChI is InChI=1S/C16H16FNOS/c1-2-18-14(8-11-6-7-20-10-11)15-9-12-4-3-5-13(17)16(12)19-15/h3-7,9-10,14,18H,2,8H2,1H3. The Hall–Kier alpha value is -1.65. The number of para-hydroxylation sites is 1. The van der Waals surface area contributed by atoms with Gasteiger partial charge in [-0.1, -0.05) is 19.1 Å². The maximum Gasteiger partial charge on any atom is 0.169 e. The molecule has 0 aliphatic carbocycles. The van der Waals surface area contributed by atoms with Crippen molar-refractivity contribution < 1.29 is 8.81 Å². The minimum absolute atomic E-state index is 0.0707. The summed E-state index contributed by atoms with van der Waals surface area (Å²) in [7, 11) is 0. The number of thiophene rings is 1. The third-order valence-electron chi connectivity index (χ3n) is 3.33. The summed E-state index contributed by atoms with van der Waals surface area (Å²) >= 11 is 1.68. The Morgan fingerprint density at radius 3 is 2.95 bits per heavy atom. The van der Waals surface area contributed by atoms with Crippen molar-refractivity contribution in [2.75, 3.05) is 6.54 Å². The van der Waals surface area contributed by atoms with Crippen molar-refractivity contribution in [3.63, 3.8) is 0 Å². The van der Waals surface area contributed by atoms with Crippen LogP contribution < -0.4 is 5.32 Å². The van der Waals surface area contributed by atoms with E-state index in [0.717, 1.165) is 24.1 Å². The number of hydrogen-bond donors (Lipinski definition) is 1. The van der Waals surface area contributed by atoms with Gasteiger partial charge < -0.3 is 9.73 Å². The SMILES string of the molecule is CCNC(Cc1ccsc1)c1cc2cccc(F)c2o1. The predicted octanol–water partition coefficient (Wildman–Crippen LogP) is 4.53. The number of hydrogen-bond acceptors (Lipinski definition) is 3. The zero-order chi connectivity index (χ0) is 13.9. The molecule has 4 heteroatoms. The zero-order valence-electron chi connectivity index (χ0n) is 11.2. The third-order valence-corrected chi connectivity index (χ3v) is 4.06. The third kappa shape index (κ3) is 2.62. The van der Waals surface area contributed by atoms with Gasteiger partial charge in [-0.3, -0.25) is 0 Å². The van der Waals surface area contributed by atoms with Crippen molar-refractivity contribution in [2.45, 2.75) is 19.4 Å². The van der Waals surface area contributed by atoms with Crippen LogP contribution >= 0.6 is 11.3 Å². The molecule has 0 bridgehead atoms. The first kappa shape index (κ1) is 13.3. The summed E-state index contributed by atoms with van der Waals surface area (Å²) < 4.78 is 19.4. The van der Waals surface area contributed by atoms with Gasteiger partial charge in [-0.25, -0.2) is 4.39 Å². The molecule has 1 N–H and O–H groups in total. The van der Waals surface area contributed by atoms with Gasteiger partial charge in [0, 0.05) is 5.39 Å². The first-order valence-corrected chi connectivity index (χ1v) is 7.64. The lowest BCUT2D eigenvalue weighted by atomic mass is 10.1. The molecule has 0 saturated heterocycles. The second kappa shape index (κ2) is 5.77. The zero-order valence-corrected chi connectivity index (χ0v) is 12.0. The van der Waals surface area contributed by atoms with E-state index in [-0.39, 0.29) is 11.9 Å². The summed E-state index contributed by atoms with van der Waals surface area (Å²) in [5, 5.41) is 8.42. The maximum absolute atomic E-state index is 13.7. The van der Waals surface area contributed by atoms with Crippen LogP contribution in [0, 0.1) is 5.82 Å². The monoisotopic (exact) mass is 289 g/mol. The lowest BCUT2D eigenvalue weighted by Crippen LogP contribution is -2.22. The maximum atomic E-state index is 13.7. The van der Waals surface area contributed by atoms with E-state index in [1.165, 1.54) is 11.6 Å². The van der Waals surface area contributed by atoms with Crippen LogP contribution in [0.3, 0.4) is 0 Å². The van der Waals surface area contributed by atoms with Gasteiger partial charge in [-0.15, -0.1) is 0 Å². The van der Waals surface area contributed by atoms with Crippen molar-refractivity contribution in [3.8, 4) is 0 Å². The Bertz CT molecular complexity index is 690. The molecular formula is C16H16FNOS. The van der Waals surface area contributed by atoms with E-state index in [2.05, 4.69) is 29.1 Å². The van der Waals surface area contributed by atoms with Crippen molar-refractivity contribution in [3.05, 3.63) is 58.2 Å². The van der Waals surface area contributed by atoms with Crippen LogP contribution in [0.1, 0.15) is 24.3 Å². The number of benzene rings is 1. The van der Waals surface area contributed by atoms with Crippen molar-refractivity contribution in [1.82, 2.24) is 5.32 Å². The molecule has 3 aromatic rings. The minimum Gasteiger partial charge on any atom is -0.456 e. The van der Waals surface area contributed by atoms with Crippen LogP contribution in [0.4, 0.5) is 4.39 Å². The van der Waals surface area contributed by atoms with Gasteiger partial charge in [-0.05, 0) is 47.5 Å². The van der Waals surface area contributed by atoms with Crippen LogP contribution in [-0.4, -0.2) is 6.54 Å². The van der Waals surface area contributed by atoms with Crippen LogP contribution in [0.5, 0.6) is 0 Å². The van der Waals surface area contributed by atoms with Gasteiger partial charge in [-0.2, -0.15) is 11.3 Å². The minimum atomic E-state index is -0.306. The molecule has 2 heterocycles. The highest BCUT2D eigenvalue weighted by atomic mass is 32.1. The number of halogens is 1. The van der Waals surface area contributed by atoms with Gasteiger partial charge >= 0.3 is 0 Å². The second-order valence-corrected chi connectivity index (χ2v) is 5.53. The molecule has 0 amide bonds. The van der Waals surface area contributed by atoms with Crippen molar-refractivity contribution in [1.29, 1.82) is 0 Å². The molecule has 0 spiro atoms. The molecule has 0 saturated carbocycles. The van der Waals surface area contributed by atoms with E-state index in [9.17, 15) is 4.39 Å². The number of nitrogens with one attached hydrogen (secondary N) is 1. The average Bonchev–Trinajstić information content (AvgIpc) is 3.07. The molecule has 1 aromatic carbocycles. The highest BCUT2D eigenvalue weighted by Gasteiger charge is 2.17. The van der Waals surface area contributed by atoms with Crippen molar-refractivity contribution in [2.24, 2.45) is 0 Å². The smallest absolute Gasteiger partial charge is 0.169 e. The van der Waals surface area contributed by atoms with Crippen LogP contribution in [0.2, 0.25) is 0 Å². The van der Waals surface area contributed by atoms with Gasteiger partial charge in [0.15, 0.2) is 11.4 Å². The molecule has 0 fully saturated rings. The molecule has 2 aromatic heterocycles. The van der Waals surface area contributed by atoms with E-state index in [4.69, 9.17) is 4.42 Å². The fourth-order valence-corrected chi connectivity index (χ4v) is 3.06. The number of fused-ring (bicyclic) bond motifs is 1. The van der Waals surface area contributed by atoms with Gasteiger partial charge in [0.1, 0.15) is 5.76 Å². The Labute approximate surface area is 121 Å². The van der Waals surface area contributed by atoms with E-state index < -0.39 is 0 Å². The Kier molecular flexibility index (Phi) is 3.85. The molecular weight excluding hydrogens is 273 g/mol. The topological polar surface area (TPSA) is 25.2 Å². The van der Waals surface area contributed by atoms with Crippen LogP contribution in [0.25, 0.3) is 11.0 Å². The Morgan fingerprint density at radius 2 is 2.25 bits per heavy atom. The summed E-state index contributed by atoms with van der Waals surface area (Å²) in [6, 6.07) is 9.12. The highest BCUT2D eigenvalue weighted by molar-refractivity contribution is 7.07. The molecule has 3 rings (SSSR count). The summed E-state index contributed by atoms with van der Waals surface area (Å²) in [6.07, 6.45) is 0.846. The van der Waals surface area contributed by atoms with E-state index >= 15 is 0 Å². The molecule has 1 unspecified atom stereocenters. The molecule has 1 atom stereocenters. The number of rotatable bonds is 5. The van der Waals surface area contributed by atoms with Gasteiger partial charge in [0.25, 0.3) is 0 Å². The molecule has 0 aliphatic rings. The summed E-state index contributed by atoms with van der Waals surface area (Å²) in [5.74, 6) is 0.484. The fraction of sp³-hybridized carbons (Fsp3) is 0.250. The second-order valence-electron chi connectivity index (χ2n) is 4.75. The van der Waals surface area contributed by atoms with Crippen molar-refractivity contribution >= 4 is 22.3 Å². The summed E-state index contributed by atoms with van der Waals surface area (Å²) in [5.41, 5.74) is 1.61. The largest absolute Gasteiger partial charge is 0.456 e. The molecule has 0 aliphatic heterocycles. The Balaban J connectivity index is 1.94. The number of likely N-dealkylation sites (N-methyl/N-ethyl adjacent to an activating group) is 1. The summed E-state index contributed by atoms with van der Waals surface area (Å²) in [4.78, 5) is 0. The average molecular weight is 289 g/mol. The Morgan fingerprint density at radius 1 is 1.35 bits per heavy atom. The lowest BCUT2D eigenvalue weighted by Gasteiger charge is -2.14. The number of furan rings is 1. The fourth-order valence-electron chi connectivity index (χ4n) is 2.38. The van der Waals surface area contributed by atoms with Gasteiger partial charge in [0.05, 0.1) is 6.04 Å². The lowest BCUT2D eigenvalue weighted by molar-refractivity contribution is 0.428. The van der Waals surface area contributed by atoms with E-state index in [0.29, 0.717) is 5.58 Å². The molecule has 104 valence electrons. The molecule has 2 nitrogen and oxygen atoms in total. The first-order valence-electron chi connectivity index (χ1n) is 6.70. The van der Waals surface area contributed by atoms with Gasteiger partial charge in [0.2, 0.25) is 0 Å². The summed E-state index contributed by atoms with van der Waals surface area (Å²) in [6.45, 7) is 2.90. The highest BCUT2D eigenvalue weighted by Crippen LogP contribution is 2.28. The predicted molar refractivity (Wildman–Crippen MR) is 80.6 cm³/mol. The first-order chi connectivity index (χ1) is 9.78. The normalized spacial score (nSPS) is 12.9. The van der Waals surface area contributed by atoms with Crippen LogP contribution in [0.15, 0.2) is 45.5 Å². The van der Waals surface area contributed by atoms with E-state index in [1.54, 1.807) is 17.4 Å². The van der Waals surface area contributed by atoms with Crippen LogP contribution in [-0.2, 0) is 6.42 Å². The van der Waals surface area contributed by atoms with E-state index in [1.807, 2.05) is 12.1 Å².